The summed E-state index contributed by atoms with van der Waals surface area (Å²) in [6, 6.07) is 19.4. The predicted octanol–water partition coefficient (Wildman–Crippen LogP) is 3.23. The lowest BCUT2D eigenvalue weighted by Gasteiger charge is -2.16. The van der Waals surface area contributed by atoms with Gasteiger partial charge in [-0.2, -0.15) is 5.10 Å². The molecule has 0 bridgehead atoms. The molecular weight excluding hydrogens is 446 g/mol. The molecule has 0 radical (unpaired) electrons. The molecule has 0 saturated carbocycles. The fourth-order valence-corrected chi connectivity index (χ4v) is 3.73. The van der Waals surface area contributed by atoms with E-state index in [4.69, 9.17) is 14.2 Å². The van der Waals surface area contributed by atoms with Gasteiger partial charge in [0.15, 0.2) is 11.6 Å². The van der Waals surface area contributed by atoms with Crippen LogP contribution in [0.1, 0.15) is 11.4 Å². The first kappa shape index (κ1) is 22.4. The van der Waals surface area contributed by atoms with Gasteiger partial charge in [-0.3, -0.25) is 4.57 Å². The Morgan fingerprint density at radius 1 is 0.971 bits per heavy atom. The van der Waals surface area contributed by atoms with Gasteiger partial charge in [0, 0.05) is 18.3 Å². The van der Waals surface area contributed by atoms with Gasteiger partial charge >= 0.3 is 0 Å². The molecule has 10 nitrogen and oxygen atoms in total. The molecule has 0 saturated heterocycles. The number of methoxy groups -OCH3 is 2. The predicted molar refractivity (Wildman–Crippen MR) is 131 cm³/mol. The highest BCUT2D eigenvalue weighted by Gasteiger charge is 2.21. The molecule has 1 N–H and O–H groups in total. The van der Waals surface area contributed by atoms with Gasteiger partial charge in [-0.05, 0) is 23.8 Å². The summed E-state index contributed by atoms with van der Waals surface area (Å²) in [6.45, 7) is 1.55. The summed E-state index contributed by atoms with van der Waals surface area (Å²) in [4.78, 5) is 4.36. The van der Waals surface area contributed by atoms with Gasteiger partial charge in [0.2, 0.25) is 5.88 Å². The largest absolute Gasteiger partial charge is 0.496 e. The molecule has 2 aromatic heterocycles. The molecule has 0 fully saturated rings. The van der Waals surface area contributed by atoms with E-state index in [2.05, 4.69) is 25.7 Å². The van der Waals surface area contributed by atoms with Crippen LogP contribution in [-0.4, -0.2) is 51.8 Å². The van der Waals surface area contributed by atoms with Crippen LogP contribution in [0.3, 0.4) is 0 Å². The van der Waals surface area contributed by atoms with Crippen LogP contribution in [0, 0.1) is 0 Å². The molecule has 0 spiro atoms. The van der Waals surface area contributed by atoms with E-state index in [-0.39, 0.29) is 0 Å². The second kappa shape index (κ2) is 10.2. The molecule has 2 aromatic carbocycles. The van der Waals surface area contributed by atoms with Crippen LogP contribution < -0.4 is 19.6 Å². The van der Waals surface area contributed by atoms with Gasteiger partial charge in [-0.15, -0.1) is 10.2 Å². The van der Waals surface area contributed by atoms with E-state index in [1.54, 1.807) is 37.8 Å². The van der Waals surface area contributed by atoms with Gasteiger partial charge in [0.25, 0.3) is 0 Å². The van der Waals surface area contributed by atoms with Crippen LogP contribution in [0.15, 0.2) is 72.0 Å². The van der Waals surface area contributed by atoms with Crippen LogP contribution in [0.4, 0.5) is 0 Å². The van der Waals surface area contributed by atoms with Crippen LogP contribution >= 0.6 is 0 Å². The normalized spacial score (nSPS) is 12.7. The topological polar surface area (TPSA) is 98.9 Å². The molecule has 35 heavy (non-hydrogen) atoms. The summed E-state index contributed by atoms with van der Waals surface area (Å²) >= 11 is 0. The molecule has 178 valence electrons. The third kappa shape index (κ3) is 4.92. The molecular formula is C25H25N7O3. The molecule has 1 aliphatic rings. The SMILES string of the molecule is COc1ccc(-n2c(CN3N=CCN3)nnc2-c2ccc(OCc3ccccc3)cc2OC)cn1. The first-order valence-electron chi connectivity index (χ1n) is 11.1. The Labute approximate surface area is 202 Å². The van der Waals surface area contributed by atoms with Crippen LogP contribution in [-0.2, 0) is 13.2 Å². The maximum absolute atomic E-state index is 5.98. The number of hydrogen-bond donors (Lipinski definition) is 1. The number of ether oxygens (including phenoxy) is 3. The number of aromatic nitrogens is 4. The first-order chi connectivity index (χ1) is 17.2. The lowest BCUT2D eigenvalue weighted by atomic mass is 10.1. The summed E-state index contributed by atoms with van der Waals surface area (Å²) in [5.74, 6) is 3.14. The zero-order chi connectivity index (χ0) is 24.0. The smallest absolute Gasteiger partial charge is 0.213 e. The Kier molecular flexibility index (Phi) is 6.53. The van der Waals surface area contributed by atoms with E-state index in [0.29, 0.717) is 48.7 Å². The van der Waals surface area contributed by atoms with E-state index in [0.717, 1.165) is 16.8 Å². The van der Waals surface area contributed by atoms with Crippen LogP contribution in [0.2, 0.25) is 0 Å². The first-order valence-corrected chi connectivity index (χ1v) is 11.1. The van der Waals surface area contributed by atoms with Crippen LogP contribution in [0.5, 0.6) is 17.4 Å². The van der Waals surface area contributed by atoms with Crippen molar-refractivity contribution in [1.82, 2.24) is 30.3 Å². The average molecular weight is 472 g/mol. The van der Waals surface area contributed by atoms with Crippen molar-refractivity contribution in [3.05, 3.63) is 78.2 Å². The molecule has 4 aromatic rings. The van der Waals surface area contributed by atoms with Crippen molar-refractivity contribution < 1.29 is 14.2 Å². The molecule has 0 unspecified atom stereocenters. The van der Waals surface area contributed by atoms with E-state index < -0.39 is 0 Å². The molecule has 0 aliphatic carbocycles. The highest BCUT2D eigenvalue weighted by Crippen LogP contribution is 2.34. The van der Waals surface area contributed by atoms with Gasteiger partial charge < -0.3 is 14.2 Å². The van der Waals surface area contributed by atoms with Gasteiger partial charge in [-0.1, -0.05) is 30.3 Å². The summed E-state index contributed by atoms with van der Waals surface area (Å²) in [6.07, 6.45) is 3.52. The van der Waals surface area contributed by atoms with E-state index >= 15 is 0 Å². The van der Waals surface area contributed by atoms with E-state index in [1.807, 2.05) is 59.2 Å². The summed E-state index contributed by atoms with van der Waals surface area (Å²) in [7, 11) is 3.21. The highest BCUT2D eigenvalue weighted by molar-refractivity contribution is 5.68. The lowest BCUT2D eigenvalue weighted by Crippen LogP contribution is -2.29. The monoisotopic (exact) mass is 471 g/mol. The molecule has 0 atom stereocenters. The van der Waals surface area contributed by atoms with Crippen molar-refractivity contribution in [2.45, 2.75) is 13.2 Å². The third-order valence-corrected chi connectivity index (χ3v) is 5.46. The van der Waals surface area contributed by atoms with E-state index in [1.165, 1.54) is 0 Å². The Morgan fingerprint density at radius 3 is 2.57 bits per heavy atom. The van der Waals surface area contributed by atoms with Crippen molar-refractivity contribution in [2.75, 3.05) is 20.8 Å². The Hall–Kier alpha value is -4.44. The van der Waals surface area contributed by atoms with Crippen molar-refractivity contribution in [1.29, 1.82) is 0 Å². The summed E-state index contributed by atoms with van der Waals surface area (Å²) in [5, 5.41) is 15.0. The van der Waals surface area contributed by atoms with Crippen molar-refractivity contribution in [2.24, 2.45) is 5.10 Å². The number of nitrogens with one attached hydrogen (secondary N) is 1. The standard InChI is InChI=1S/C25H25N7O3/c1-33-22-14-20(35-17-18-6-4-3-5-7-18)9-10-21(22)25-30-29-23(16-31-27-12-13-28-31)32(25)19-8-11-24(34-2)26-15-19/h3-12,14-15,28H,13,16-17H2,1-2H3. The van der Waals surface area contributed by atoms with Gasteiger partial charge in [-0.25, -0.2) is 15.5 Å². The summed E-state index contributed by atoms with van der Waals surface area (Å²) in [5.41, 5.74) is 5.81. The van der Waals surface area contributed by atoms with E-state index in [9.17, 15) is 0 Å². The number of nitrogens with zero attached hydrogens (tertiary/aromatic N) is 6. The Morgan fingerprint density at radius 2 is 1.86 bits per heavy atom. The van der Waals surface area contributed by atoms with Crippen molar-refractivity contribution in [3.8, 4) is 34.5 Å². The minimum atomic E-state index is 0.413. The molecule has 1 aliphatic heterocycles. The summed E-state index contributed by atoms with van der Waals surface area (Å²) < 4.78 is 18.9. The number of hydrogen-bond acceptors (Lipinski definition) is 9. The quantitative estimate of drug-likeness (QED) is 0.397. The maximum atomic E-state index is 5.98. The average Bonchev–Trinajstić information content (AvgIpc) is 3.58. The fourth-order valence-electron chi connectivity index (χ4n) is 3.73. The number of hydrazine groups is 1. The minimum Gasteiger partial charge on any atom is -0.496 e. The Bertz CT molecular complexity index is 1310. The van der Waals surface area contributed by atoms with Crippen LogP contribution in [0.25, 0.3) is 17.1 Å². The highest BCUT2D eigenvalue weighted by atomic mass is 16.5. The second-order valence-electron chi connectivity index (χ2n) is 7.69. The zero-order valence-corrected chi connectivity index (χ0v) is 19.5. The Balaban J connectivity index is 1.50. The molecule has 10 heteroatoms. The number of rotatable bonds is 9. The van der Waals surface area contributed by atoms with Gasteiger partial charge in [0.05, 0.1) is 38.2 Å². The number of benzene rings is 2. The van der Waals surface area contributed by atoms with Crippen molar-refractivity contribution in [3.63, 3.8) is 0 Å². The van der Waals surface area contributed by atoms with Crippen molar-refractivity contribution >= 4 is 6.21 Å². The minimum absolute atomic E-state index is 0.413. The zero-order valence-electron chi connectivity index (χ0n) is 19.5. The molecule has 3 heterocycles. The van der Waals surface area contributed by atoms with Gasteiger partial charge in [0.1, 0.15) is 24.7 Å². The molecule has 5 rings (SSSR count). The number of pyridine rings is 1. The maximum Gasteiger partial charge on any atom is 0.213 e. The third-order valence-electron chi connectivity index (χ3n) is 5.46. The lowest BCUT2D eigenvalue weighted by molar-refractivity contribution is 0.214. The molecule has 0 amide bonds. The fraction of sp³-hybridized carbons (Fsp3) is 0.200. The second-order valence-corrected chi connectivity index (χ2v) is 7.69. The number of hydrazone groups is 1.